The maximum Gasteiger partial charge on any atom is 0.233 e. The third kappa shape index (κ3) is 6.57. The normalized spacial score (nSPS) is 14.1. The molecule has 2 unspecified atom stereocenters. The van der Waals surface area contributed by atoms with E-state index >= 15 is 0 Å². The molecule has 0 heterocycles. The average molecular weight is 217 g/mol. The number of nitrogens with one attached hydrogen (secondary N) is 1. The van der Waals surface area contributed by atoms with Crippen LogP contribution < -0.4 is 11.1 Å². The van der Waals surface area contributed by atoms with Crippen molar-refractivity contribution in [1.82, 2.24) is 5.32 Å². The van der Waals surface area contributed by atoms with Crippen LogP contribution in [-0.4, -0.2) is 34.2 Å². The molecule has 0 aromatic carbocycles. The molecule has 80 valence electrons. The minimum absolute atomic E-state index is 0.0458. The van der Waals surface area contributed by atoms with Crippen LogP contribution in [0.1, 0.15) is 13.3 Å². The van der Waals surface area contributed by atoms with Gasteiger partial charge in [0, 0.05) is 22.6 Å². The van der Waals surface area contributed by atoms with E-state index in [-0.39, 0.29) is 24.2 Å². The number of carbonyl (C=O) groups excluding carboxylic acids is 1. The third-order valence-electron chi connectivity index (χ3n) is 1.58. The summed E-state index contributed by atoms with van der Waals surface area (Å²) in [6.07, 6.45) is 0.742. The van der Waals surface area contributed by atoms with Crippen molar-refractivity contribution in [2.24, 2.45) is 5.73 Å². The van der Waals surface area contributed by atoms with Crippen molar-refractivity contribution in [3.63, 3.8) is 0 Å². The van der Waals surface area contributed by atoms with Gasteiger partial charge in [0.15, 0.2) is 0 Å². The first kappa shape index (κ1) is 13.1. The fraction of sp³-hybridized carbons (Fsp3) is 0.750. The van der Waals surface area contributed by atoms with Crippen LogP contribution in [0.5, 0.6) is 0 Å². The van der Waals surface area contributed by atoms with Crippen molar-refractivity contribution >= 4 is 16.7 Å². The Morgan fingerprint density at radius 1 is 1.71 bits per heavy atom. The summed E-state index contributed by atoms with van der Waals surface area (Å²) in [5.74, 6) is -0.112. The van der Waals surface area contributed by atoms with Crippen LogP contribution in [-0.2, 0) is 15.6 Å². The maximum absolute atomic E-state index is 11.3. The minimum atomic E-state index is -1.23. The molecule has 0 aromatic heterocycles. The number of rotatable bonds is 6. The Morgan fingerprint density at radius 3 is 2.86 bits per heavy atom. The van der Waals surface area contributed by atoms with Gasteiger partial charge in [-0.2, -0.15) is 5.26 Å². The molecule has 0 spiro atoms. The first-order valence-corrected chi connectivity index (χ1v) is 5.83. The molecular formula is C8H15N3O2S. The molecule has 0 saturated heterocycles. The highest BCUT2D eigenvalue weighted by Crippen LogP contribution is 1.91. The van der Waals surface area contributed by atoms with Crippen molar-refractivity contribution < 1.29 is 9.00 Å². The third-order valence-corrected chi connectivity index (χ3v) is 2.97. The van der Waals surface area contributed by atoms with Crippen molar-refractivity contribution in [1.29, 1.82) is 5.26 Å². The van der Waals surface area contributed by atoms with Gasteiger partial charge in [-0.15, -0.1) is 0 Å². The maximum atomic E-state index is 11.3. The molecule has 0 aliphatic rings. The molecule has 2 atom stereocenters. The lowest BCUT2D eigenvalue weighted by atomic mass is 10.3. The van der Waals surface area contributed by atoms with Crippen molar-refractivity contribution in [3.05, 3.63) is 0 Å². The van der Waals surface area contributed by atoms with Gasteiger partial charge in [-0.05, 0) is 6.42 Å². The fourth-order valence-electron chi connectivity index (χ4n) is 0.751. The summed E-state index contributed by atoms with van der Waals surface area (Å²) in [4.78, 5) is 11.0. The monoisotopic (exact) mass is 217 g/mol. The van der Waals surface area contributed by atoms with Crippen molar-refractivity contribution in [2.75, 3.05) is 18.1 Å². The number of nitriles is 1. The first-order chi connectivity index (χ1) is 6.60. The van der Waals surface area contributed by atoms with E-state index in [0.717, 1.165) is 6.42 Å². The van der Waals surface area contributed by atoms with E-state index in [1.165, 1.54) is 0 Å². The van der Waals surface area contributed by atoms with E-state index in [2.05, 4.69) is 5.32 Å². The van der Waals surface area contributed by atoms with Gasteiger partial charge in [0.1, 0.15) is 12.3 Å². The highest BCUT2D eigenvalue weighted by molar-refractivity contribution is 7.85. The summed E-state index contributed by atoms with van der Waals surface area (Å²) in [5, 5.41) is 10.5. The summed E-state index contributed by atoms with van der Waals surface area (Å²) in [6, 6.07) is 1.64. The molecule has 0 aromatic rings. The van der Waals surface area contributed by atoms with Crippen LogP contribution in [0.25, 0.3) is 0 Å². The first-order valence-electron chi connectivity index (χ1n) is 4.34. The van der Waals surface area contributed by atoms with E-state index in [0.29, 0.717) is 5.75 Å². The molecule has 0 fully saturated rings. The van der Waals surface area contributed by atoms with Gasteiger partial charge in [-0.1, -0.05) is 6.92 Å². The Kier molecular flexibility index (Phi) is 6.98. The van der Waals surface area contributed by atoms with Gasteiger partial charge in [0.2, 0.25) is 5.91 Å². The van der Waals surface area contributed by atoms with Crippen molar-refractivity contribution in [2.45, 2.75) is 19.4 Å². The Balaban J connectivity index is 3.72. The number of nitrogens with two attached hydrogens (primary N) is 1. The van der Waals surface area contributed by atoms with E-state index < -0.39 is 10.8 Å². The molecule has 0 radical (unpaired) electrons. The standard InChI is InChI=1S/C8H15N3O2S/c1-2-7(10)5-14(13)6-8(12)11-4-3-9/h7H,2,4-6,10H2,1H3,(H,11,12). The highest BCUT2D eigenvalue weighted by atomic mass is 32.2. The molecule has 0 aliphatic heterocycles. The predicted octanol–water partition coefficient (Wildman–Crippen LogP) is -0.888. The smallest absolute Gasteiger partial charge is 0.233 e. The van der Waals surface area contributed by atoms with Crippen molar-refractivity contribution in [3.8, 4) is 6.07 Å². The Hall–Kier alpha value is -0.930. The predicted molar refractivity (Wildman–Crippen MR) is 54.8 cm³/mol. The van der Waals surface area contributed by atoms with E-state index in [1.54, 1.807) is 6.07 Å². The second-order valence-electron chi connectivity index (χ2n) is 2.85. The largest absolute Gasteiger partial charge is 0.342 e. The highest BCUT2D eigenvalue weighted by Gasteiger charge is 2.10. The van der Waals surface area contributed by atoms with E-state index in [1.807, 2.05) is 6.92 Å². The van der Waals surface area contributed by atoms with Crippen LogP contribution in [0.4, 0.5) is 0 Å². The second-order valence-corrected chi connectivity index (χ2v) is 4.36. The fourth-order valence-corrected chi connectivity index (χ4v) is 1.98. The molecular weight excluding hydrogens is 202 g/mol. The van der Waals surface area contributed by atoms with Crippen LogP contribution in [0, 0.1) is 11.3 Å². The molecule has 5 nitrogen and oxygen atoms in total. The summed E-state index contributed by atoms with van der Waals surface area (Å²) in [5.41, 5.74) is 5.57. The van der Waals surface area contributed by atoms with E-state index in [9.17, 15) is 9.00 Å². The molecule has 1 amide bonds. The van der Waals surface area contributed by atoms with Gasteiger partial charge in [0.25, 0.3) is 0 Å². The van der Waals surface area contributed by atoms with E-state index in [4.69, 9.17) is 11.0 Å². The van der Waals surface area contributed by atoms with Gasteiger partial charge in [-0.3, -0.25) is 9.00 Å². The summed E-state index contributed by atoms with van der Waals surface area (Å²) < 4.78 is 11.3. The van der Waals surface area contributed by atoms with Crippen LogP contribution in [0.15, 0.2) is 0 Å². The van der Waals surface area contributed by atoms with Gasteiger partial charge >= 0.3 is 0 Å². The Morgan fingerprint density at radius 2 is 2.36 bits per heavy atom. The number of hydrogen-bond acceptors (Lipinski definition) is 4. The lowest BCUT2D eigenvalue weighted by molar-refractivity contribution is -0.118. The molecule has 6 heteroatoms. The molecule has 0 aliphatic carbocycles. The zero-order valence-corrected chi connectivity index (χ0v) is 8.97. The summed E-state index contributed by atoms with van der Waals surface area (Å²) in [7, 11) is -1.23. The molecule has 3 N–H and O–H groups in total. The second kappa shape index (κ2) is 7.47. The summed E-state index contributed by atoms with van der Waals surface area (Å²) in [6.45, 7) is 1.85. The van der Waals surface area contributed by atoms with Crippen LogP contribution in [0.3, 0.4) is 0 Å². The van der Waals surface area contributed by atoms with Gasteiger partial charge in [0.05, 0.1) is 6.07 Å². The van der Waals surface area contributed by atoms with Crippen LogP contribution >= 0.6 is 0 Å². The van der Waals surface area contributed by atoms with Crippen LogP contribution in [0.2, 0.25) is 0 Å². The van der Waals surface area contributed by atoms with Gasteiger partial charge in [-0.25, -0.2) is 0 Å². The number of amides is 1. The molecule has 0 rings (SSSR count). The number of carbonyl (C=O) groups is 1. The van der Waals surface area contributed by atoms with Gasteiger partial charge < -0.3 is 11.1 Å². The lowest BCUT2D eigenvalue weighted by Gasteiger charge is -2.07. The zero-order chi connectivity index (χ0) is 11.0. The molecule has 0 saturated carbocycles. The number of hydrogen-bond donors (Lipinski definition) is 2. The SMILES string of the molecule is CCC(N)CS(=O)CC(=O)NCC#N. The zero-order valence-electron chi connectivity index (χ0n) is 8.16. The molecule has 14 heavy (non-hydrogen) atoms. The number of nitrogens with zero attached hydrogens (tertiary/aromatic N) is 1. The lowest BCUT2D eigenvalue weighted by Crippen LogP contribution is -2.33. The molecule has 0 bridgehead atoms. The Bertz CT molecular complexity index is 249. The topological polar surface area (TPSA) is 96.0 Å². The summed E-state index contributed by atoms with van der Waals surface area (Å²) >= 11 is 0. The quantitative estimate of drug-likeness (QED) is 0.564. The average Bonchev–Trinajstić information content (AvgIpc) is 2.14. The minimum Gasteiger partial charge on any atom is -0.342 e. The Labute approximate surface area is 86.1 Å².